The first-order chi connectivity index (χ1) is 18.1. The normalized spacial score (nSPS) is 16.7. The van der Waals surface area contributed by atoms with E-state index < -0.39 is 0 Å². The maximum Gasteiger partial charge on any atom is 0.227 e. The molecule has 1 N–H and O–H groups in total. The summed E-state index contributed by atoms with van der Waals surface area (Å²) in [5, 5.41) is 9.59. The molecule has 0 radical (unpaired) electrons. The fourth-order valence-electron chi connectivity index (χ4n) is 4.67. The van der Waals surface area contributed by atoms with Crippen LogP contribution in [0.15, 0.2) is 58.9 Å². The average Bonchev–Trinajstić information content (AvgIpc) is 3.31. The van der Waals surface area contributed by atoms with Gasteiger partial charge in [-0.1, -0.05) is 61.0 Å². The summed E-state index contributed by atoms with van der Waals surface area (Å²) >= 11 is 7.87. The number of thioether (sulfide) groups is 1. The number of aromatic nitrogens is 3. The number of halogens is 1. The number of Topliss-reactive ketones (excluding diaryl/α,β-unsaturated/α-hetero) is 1. The van der Waals surface area contributed by atoms with Crippen molar-refractivity contribution in [1.82, 2.24) is 14.8 Å². The third kappa shape index (κ3) is 5.50. The molecule has 0 saturated heterocycles. The summed E-state index contributed by atoms with van der Waals surface area (Å²) in [5.41, 5.74) is 3.64. The molecule has 0 saturated carbocycles. The van der Waals surface area contributed by atoms with Gasteiger partial charge in [0.2, 0.25) is 11.1 Å². The molecule has 5 rings (SSSR count). The van der Waals surface area contributed by atoms with Crippen molar-refractivity contribution in [1.29, 1.82) is 0 Å². The molecular formula is C28H31ClN4O3S. The van der Waals surface area contributed by atoms with Crippen molar-refractivity contribution in [3.63, 3.8) is 0 Å². The van der Waals surface area contributed by atoms with Crippen LogP contribution in [-0.2, 0) is 10.5 Å². The van der Waals surface area contributed by atoms with Crippen LogP contribution in [0.25, 0.3) is 0 Å². The highest BCUT2D eigenvalue weighted by Gasteiger charge is 2.37. The molecule has 0 spiro atoms. The highest BCUT2D eigenvalue weighted by molar-refractivity contribution is 7.98. The average molecular weight is 539 g/mol. The number of allylic oxidation sites excluding steroid dienone is 2. The summed E-state index contributed by atoms with van der Waals surface area (Å²) in [4.78, 5) is 18.0. The summed E-state index contributed by atoms with van der Waals surface area (Å²) in [6.07, 6.45) is 4.20. The fourth-order valence-corrected chi connectivity index (χ4v) is 5.79. The van der Waals surface area contributed by atoms with Crippen LogP contribution in [0.5, 0.6) is 11.5 Å². The number of anilines is 1. The van der Waals surface area contributed by atoms with Gasteiger partial charge in [0.05, 0.1) is 13.2 Å². The van der Waals surface area contributed by atoms with Gasteiger partial charge in [-0.2, -0.15) is 4.98 Å². The van der Waals surface area contributed by atoms with Crippen LogP contribution in [0.4, 0.5) is 5.95 Å². The van der Waals surface area contributed by atoms with E-state index in [1.165, 1.54) is 11.8 Å². The Bertz CT molecular complexity index is 1320. The molecule has 1 aromatic heterocycles. The van der Waals surface area contributed by atoms with E-state index in [1.54, 1.807) is 0 Å². The minimum atomic E-state index is -0.384. The molecule has 2 heterocycles. The third-order valence-corrected chi connectivity index (χ3v) is 7.76. The monoisotopic (exact) mass is 538 g/mol. The van der Waals surface area contributed by atoms with E-state index >= 15 is 0 Å². The lowest BCUT2D eigenvalue weighted by Gasteiger charge is -2.32. The standard InChI is InChI=1S/C28H31ClN4O3S/c1-3-5-15-36-23-14-13-18(16-24(23)35-4-2)26-25-21(11-8-12-22(25)34)30-27-31-28(32-33(26)27)37-17-19-9-6-7-10-20(19)29/h6-7,9-10,13-14,16,26H,3-5,8,11-12,15,17H2,1-2H3,(H,30,31,32). The van der Waals surface area contributed by atoms with Gasteiger partial charge in [0.15, 0.2) is 17.3 Å². The number of ketones is 1. The van der Waals surface area contributed by atoms with Crippen LogP contribution < -0.4 is 14.8 Å². The van der Waals surface area contributed by atoms with E-state index in [1.807, 2.05) is 54.1 Å². The van der Waals surface area contributed by atoms with E-state index in [0.29, 0.717) is 48.0 Å². The van der Waals surface area contributed by atoms with Crippen LogP contribution in [0.2, 0.25) is 5.02 Å². The van der Waals surface area contributed by atoms with Gasteiger partial charge in [0, 0.05) is 28.5 Å². The lowest BCUT2D eigenvalue weighted by Crippen LogP contribution is -2.31. The van der Waals surface area contributed by atoms with Crippen molar-refractivity contribution in [2.75, 3.05) is 18.5 Å². The second-order valence-electron chi connectivity index (χ2n) is 9.08. The molecule has 0 fully saturated rings. The predicted octanol–water partition coefficient (Wildman–Crippen LogP) is 6.82. The van der Waals surface area contributed by atoms with Crippen LogP contribution in [0.1, 0.15) is 63.1 Å². The highest BCUT2D eigenvalue weighted by atomic mass is 35.5. The van der Waals surface area contributed by atoms with Gasteiger partial charge in [-0.05, 0) is 55.5 Å². The second-order valence-corrected chi connectivity index (χ2v) is 10.4. The molecule has 0 amide bonds. The molecular weight excluding hydrogens is 508 g/mol. The molecule has 7 nitrogen and oxygen atoms in total. The minimum absolute atomic E-state index is 0.145. The van der Waals surface area contributed by atoms with Crippen LogP contribution in [0.3, 0.4) is 0 Å². The largest absolute Gasteiger partial charge is 0.490 e. The van der Waals surface area contributed by atoms with Gasteiger partial charge >= 0.3 is 0 Å². The number of benzene rings is 2. The predicted molar refractivity (Wildman–Crippen MR) is 147 cm³/mol. The van der Waals surface area contributed by atoms with E-state index in [0.717, 1.165) is 53.1 Å². The molecule has 0 bridgehead atoms. The maximum atomic E-state index is 13.2. The summed E-state index contributed by atoms with van der Waals surface area (Å²) in [7, 11) is 0. The fraction of sp³-hybridized carbons (Fsp3) is 0.393. The Kier molecular flexibility index (Phi) is 8.05. The number of nitrogens with zero attached hydrogens (tertiary/aromatic N) is 3. The summed E-state index contributed by atoms with van der Waals surface area (Å²) in [6, 6.07) is 13.3. The molecule has 3 aromatic rings. The second kappa shape index (κ2) is 11.6. The Morgan fingerprint density at radius 1 is 1.14 bits per heavy atom. The van der Waals surface area contributed by atoms with Gasteiger partial charge in [0.25, 0.3) is 0 Å². The van der Waals surface area contributed by atoms with Crippen molar-refractivity contribution in [2.24, 2.45) is 0 Å². The van der Waals surface area contributed by atoms with E-state index in [-0.39, 0.29) is 11.8 Å². The van der Waals surface area contributed by atoms with Crippen LogP contribution in [-0.4, -0.2) is 33.8 Å². The quantitative estimate of drug-likeness (QED) is 0.224. The highest BCUT2D eigenvalue weighted by Crippen LogP contribution is 2.43. The number of fused-ring (bicyclic) bond motifs is 1. The number of hydrogen-bond acceptors (Lipinski definition) is 7. The smallest absolute Gasteiger partial charge is 0.227 e. The Morgan fingerprint density at radius 3 is 2.81 bits per heavy atom. The molecule has 2 aromatic carbocycles. The number of carbonyl (C=O) groups is 1. The zero-order valence-electron chi connectivity index (χ0n) is 21.1. The number of rotatable bonds is 10. The summed E-state index contributed by atoms with van der Waals surface area (Å²) in [5.74, 6) is 2.83. The minimum Gasteiger partial charge on any atom is -0.490 e. The Labute approximate surface area is 226 Å². The molecule has 1 atom stereocenters. The number of ether oxygens (including phenoxy) is 2. The molecule has 37 heavy (non-hydrogen) atoms. The van der Waals surface area contributed by atoms with Crippen LogP contribution in [0, 0.1) is 0 Å². The SMILES string of the molecule is CCCCOc1ccc(C2C3=C(CCCC3=O)Nc3nc(SCc4ccccc4Cl)nn32)cc1OCC. The Hall–Kier alpha value is -2.97. The van der Waals surface area contributed by atoms with E-state index in [9.17, 15) is 4.79 Å². The lowest BCUT2D eigenvalue weighted by atomic mass is 9.85. The number of nitrogens with one attached hydrogen (secondary N) is 1. The van der Waals surface area contributed by atoms with Crippen molar-refractivity contribution < 1.29 is 14.3 Å². The van der Waals surface area contributed by atoms with E-state index in [2.05, 4.69) is 12.2 Å². The van der Waals surface area contributed by atoms with Gasteiger partial charge in [-0.15, -0.1) is 5.10 Å². The lowest BCUT2D eigenvalue weighted by molar-refractivity contribution is -0.116. The molecule has 9 heteroatoms. The Balaban J connectivity index is 1.50. The van der Waals surface area contributed by atoms with Gasteiger partial charge in [-0.25, -0.2) is 4.68 Å². The molecule has 1 unspecified atom stereocenters. The molecule has 194 valence electrons. The third-order valence-electron chi connectivity index (χ3n) is 6.50. The van der Waals surface area contributed by atoms with Crippen LogP contribution >= 0.6 is 23.4 Å². The topological polar surface area (TPSA) is 78.3 Å². The summed E-state index contributed by atoms with van der Waals surface area (Å²) in [6.45, 7) is 5.24. The van der Waals surface area contributed by atoms with Crippen molar-refractivity contribution in [2.45, 2.75) is 62.9 Å². The first kappa shape index (κ1) is 25.7. The number of carbonyl (C=O) groups excluding carboxylic acids is 1. The number of unbranched alkanes of at least 4 members (excludes halogenated alkanes) is 1. The van der Waals surface area contributed by atoms with Gasteiger partial charge < -0.3 is 14.8 Å². The van der Waals surface area contributed by atoms with Crippen molar-refractivity contribution >= 4 is 35.1 Å². The molecule has 1 aliphatic heterocycles. The Morgan fingerprint density at radius 2 is 2.00 bits per heavy atom. The van der Waals surface area contributed by atoms with Crippen molar-refractivity contribution in [3.05, 3.63) is 69.9 Å². The molecule has 1 aliphatic carbocycles. The molecule has 2 aliphatic rings. The first-order valence-corrected chi connectivity index (χ1v) is 14.2. The van der Waals surface area contributed by atoms with Gasteiger partial charge in [-0.3, -0.25) is 4.79 Å². The summed E-state index contributed by atoms with van der Waals surface area (Å²) < 4.78 is 13.8. The van der Waals surface area contributed by atoms with Crippen molar-refractivity contribution in [3.8, 4) is 11.5 Å². The maximum absolute atomic E-state index is 13.2. The number of hydrogen-bond donors (Lipinski definition) is 1. The zero-order valence-corrected chi connectivity index (χ0v) is 22.7. The van der Waals surface area contributed by atoms with E-state index in [4.69, 9.17) is 31.2 Å². The van der Waals surface area contributed by atoms with Gasteiger partial charge in [0.1, 0.15) is 6.04 Å². The zero-order chi connectivity index (χ0) is 25.8. The first-order valence-electron chi connectivity index (χ1n) is 12.8.